The molecule has 3 aromatic rings. The average Bonchev–Trinajstić information content (AvgIpc) is 3.05. The number of halogens is 2. The molecule has 3 aromatic carbocycles. The molecule has 2 aliphatic heterocycles. The Bertz CT molecular complexity index is 1360. The molecule has 0 aromatic heterocycles. The largest absolute Gasteiger partial charge is 0.345 e. The van der Waals surface area contributed by atoms with E-state index in [9.17, 15) is 23.2 Å². The van der Waals surface area contributed by atoms with Crippen molar-refractivity contribution in [1.82, 2.24) is 4.90 Å². The molecule has 184 valence electrons. The van der Waals surface area contributed by atoms with Crippen LogP contribution in [0.1, 0.15) is 39.1 Å². The van der Waals surface area contributed by atoms with Crippen molar-refractivity contribution in [1.29, 1.82) is 0 Å². The van der Waals surface area contributed by atoms with Gasteiger partial charge in [0.25, 0.3) is 11.8 Å². The number of carbonyl (C=O) groups is 3. The molecule has 0 aliphatic carbocycles. The third kappa shape index (κ3) is 4.23. The first-order chi connectivity index (χ1) is 17.3. The van der Waals surface area contributed by atoms with Gasteiger partial charge in [0.2, 0.25) is 5.91 Å². The van der Waals surface area contributed by atoms with Crippen LogP contribution in [0.15, 0.2) is 66.7 Å². The van der Waals surface area contributed by atoms with E-state index in [1.54, 1.807) is 34.1 Å². The minimum atomic E-state index is -0.828. The minimum absolute atomic E-state index is 0.126. The number of benzene rings is 3. The summed E-state index contributed by atoms with van der Waals surface area (Å²) in [5.74, 6) is -2.42. The van der Waals surface area contributed by atoms with Crippen LogP contribution in [-0.4, -0.2) is 42.8 Å². The lowest BCUT2D eigenvalue weighted by atomic mass is 9.78. The average molecular weight is 490 g/mol. The van der Waals surface area contributed by atoms with Crippen molar-refractivity contribution in [2.24, 2.45) is 5.41 Å². The van der Waals surface area contributed by atoms with Crippen LogP contribution < -0.4 is 10.2 Å². The number of fused-ring (bicyclic) bond motifs is 1. The van der Waals surface area contributed by atoms with E-state index in [0.29, 0.717) is 37.2 Å². The highest BCUT2D eigenvalue weighted by molar-refractivity contribution is 6.08. The topological polar surface area (TPSA) is 69.7 Å². The quantitative estimate of drug-likeness (QED) is 0.582. The van der Waals surface area contributed by atoms with E-state index in [1.807, 2.05) is 31.3 Å². The Labute approximate surface area is 207 Å². The van der Waals surface area contributed by atoms with Crippen LogP contribution in [0.4, 0.5) is 20.2 Å². The van der Waals surface area contributed by atoms with Crippen LogP contribution in [0.2, 0.25) is 0 Å². The van der Waals surface area contributed by atoms with Gasteiger partial charge in [-0.1, -0.05) is 18.2 Å². The highest BCUT2D eigenvalue weighted by Crippen LogP contribution is 2.43. The summed E-state index contributed by atoms with van der Waals surface area (Å²) < 4.78 is 27.3. The van der Waals surface area contributed by atoms with E-state index in [0.717, 1.165) is 35.9 Å². The van der Waals surface area contributed by atoms with Gasteiger partial charge in [0.1, 0.15) is 11.6 Å². The van der Waals surface area contributed by atoms with Crippen LogP contribution in [0, 0.1) is 17.0 Å². The van der Waals surface area contributed by atoms with Gasteiger partial charge >= 0.3 is 0 Å². The zero-order valence-electron chi connectivity index (χ0n) is 19.8. The predicted octanol–water partition coefficient (Wildman–Crippen LogP) is 4.66. The van der Waals surface area contributed by atoms with Crippen LogP contribution >= 0.6 is 0 Å². The monoisotopic (exact) mass is 489 g/mol. The van der Waals surface area contributed by atoms with Crippen LogP contribution in [0.5, 0.6) is 0 Å². The van der Waals surface area contributed by atoms with Gasteiger partial charge in [-0.25, -0.2) is 8.78 Å². The smallest absolute Gasteiger partial charge is 0.258 e. The zero-order chi connectivity index (χ0) is 25.4. The number of likely N-dealkylation sites (tertiary alicyclic amines) is 1. The normalized spacial score (nSPS) is 19.2. The Balaban J connectivity index is 1.36. The van der Waals surface area contributed by atoms with Gasteiger partial charge in [0, 0.05) is 37.1 Å². The Morgan fingerprint density at radius 2 is 1.67 bits per heavy atom. The first-order valence-corrected chi connectivity index (χ1v) is 11.8. The fourth-order valence-electron chi connectivity index (χ4n) is 5.15. The van der Waals surface area contributed by atoms with Gasteiger partial charge in [-0.15, -0.1) is 0 Å². The van der Waals surface area contributed by atoms with Crippen molar-refractivity contribution >= 4 is 29.1 Å². The van der Waals surface area contributed by atoms with E-state index < -0.39 is 28.5 Å². The predicted molar refractivity (Wildman–Crippen MR) is 132 cm³/mol. The van der Waals surface area contributed by atoms with Crippen molar-refractivity contribution in [3.8, 4) is 0 Å². The molecule has 2 aliphatic rings. The minimum Gasteiger partial charge on any atom is -0.345 e. The molecule has 0 saturated carbocycles. The fourth-order valence-corrected chi connectivity index (χ4v) is 5.15. The molecular formula is C28H25F2N3O3. The standard InChI is InChI=1S/C28H25F2N3O3/c1-32-14-12-28(27(32)36)13-15-33(24-5-3-2-4-19(24)17-28)26(35)18-6-9-21(10-7-18)31-25(34)22-16-20(29)8-11-23(22)30/h2-11,16H,12-15,17H2,1H3,(H,31,34). The summed E-state index contributed by atoms with van der Waals surface area (Å²) in [7, 11) is 1.82. The number of hydrogen-bond acceptors (Lipinski definition) is 3. The molecule has 36 heavy (non-hydrogen) atoms. The third-order valence-electron chi connectivity index (χ3n) is 7.16. The lowest BCUT2D eigenvalue weighted by Gasteiger charge is -2.26. The number of anilines is 2. The van der Waals surface area contributed by atoms with Gasteiger partial charge in [-0.2, -0.15) is 0 Å². The highest BCUT2D eigenvalue weighted by Gasteiger charge is 2.47. The maximum absolute atomic E-state index is 13.9. The van der Waals surface area contributed by atoms with E-state index in [1.165, 1.54) is 0 Å². The second-order valence-corrected chi connectivity index (χ2v) is 9.42. The Kier molecular flexibility index (Phi) is 6.04. The van der Waals surface area contributed by atoms with Gasteiger partial charge in [-0.05, 0) is 73.4 Å². The molecule has 8 heteroatoms. The number of para-hydroxylation sites is 1. The molecule has 1 fully saturated rings. The molecule has 1 saturated heterocycles. The number of carbonyl (C=O) groups excluding carboxylic acids is 3. The SMILES string of the molecule is CN1CCC2(CCN(C(=O)c3ccc(NC(=O)c4cc(F)ccc4F)cc3)c3ccccc3C2)C1=O. The molecule has 1 spiro atoms. The van der Waals surface area contributed by atoms with Crippen molar-refractivity contribution in [3.05, 3.63) is 95.1 Å². The van der Waals surface area contributed by atoms with E-state index >= 15 is 0 Å². The summed E-state index contributed by atoms with van der Waals surface area (Å²) >= 11 is 0. The Morgan fingerprint density at radius 3 is 2.39 bits per heavy atom. The number of nitrogens with one attached hydrogen (secondary N) is 1. The first kappa shape index (κ1) is 23.7. The molecule has 3 amide bonds. The Hall–Kier alpha value is -4.07. The number of hydrogen-bond donors (Lipinski definition) is 1. The van der Waals surface area contributed by atoms with Crippen molar-refractivity contribution < 1.29 is 23.2 Å². The zero-order valence-corrected chi connectivity index (χ0v) is 19.8. The van der Waals surface area contributed by atoms with Crippen LogP contribution in [-0.2, 0) is 11.2 Å². The molecule has 1 N–H and O–H groups in total. The van der Waals surface area contributed by atoms with Gasteiger partial charge in [0.05, 0.1) is 11.0 Å². The number of rotatable bonds is 3. The second kappa shape index (κ2) is 9.18. The maximum Gasteiger partial charge on any atom is 0.258 e. The summed E-state index contributed by atoms with van der Waals surface area (Å²) in [6.45, 7) is 1.12. The maximum atomic E-state index is 13.9. The number of amides is 3. The van der Waals surface area contributed by atoms with E-state index in [-0.39, 0.29) is 11.8 Å². The Morgan fingerprint density at radius 1 is 0.944 bits per heavy atom. The number of nitrogens with zero attached hydrogens (tertiary/aromatic N) is 2. The molecule has 1 atom stereocenters. The van der Waals surface area contributed by atoms with Crippen molar-refractivity contribution in [2.45, 2.75) is 19.3 Å². The highest BCUT2D eigenvalue weighted by atomic mass is 19.1. The van der Waals surface area contributed by atoms with Crippen LogP contribution in [0.25, 0.3) is 0 Å². The van der Waals surface area contributed by atoms with Gasteiger partial charge in [0.15, 0.2) is 0 Å². The van der Waals surface area contributed by atoms with Crippen molar-refractivity contribution in [3.63, 3.8) is 0 Å². The molecule has 1 unspecified atom stereocenters. The third-order valence-corrected chi connectivity index (χ3v) is 7.16. The summed E-state index contributed by atoms with van der Waals surface area (Å²) in [6, 6.07) is 16.6. The molecule has 0 radical (unpaired) electrons. The summed E-state index contributed by atoms with van der Waals surface area (Å²) in [6.07, 6.45) is 1.93. The second-order valence-electron chi connectivity index (χ2n) is 9.42. The van der Waals surface area contributed by atoms with Gasteiger partial charge in [-0.3, -0.25) is 14.4 Å². The molecule has 2 heterocycles. The first-order valence-electron chi connectivity index (χ1n) is 11.8. The van der Waals surface area contributed by atoms with E-state index in [2.05, 4.69) is 5.32 Å². The lowest BCUT2D eigenvalue weighted by molar-refractivity contribution is -0.135. The summed E-state index contributed by atoms with van der Waals surface area (Å²) in [5.41, 5.74) is 1.60. The molecule has 6 nitrogen and oxygen atoms in total. The van der Waals surface area contributed by atoms with Crippen LogP contribution in [0.3, 0.4) is 0 Å². The molecule has 0 bridgehead atoms. The summed E-state index contributed by atoms with van der Waals surface area (Å²) in [5, 5.41) is 2.53. The fraction of sp³-hybridized carbons (Fsp3) is 0.250. The molecular weight excluding hydrogens is 464 g/mol. The lowest BCUT2D eigenvalue weighted by Crippen LogP contribution is -2.37. The van der Waals surface area contributed by atoms with Crippen molar-refractivity contribution in [2.75, 3.05) is 30.4 Å². The summed E-state index contributed by atoms with van der Waals surface area (Å²) in [4.78, 5) is 42.4. The van der Waals surface area contributed by atoms with Gasteiger partial charge < -0.3 is 15.1 Å². The molecule has 5 rings (SSSR count). The van der Waals surface area contributed by atoms with E-state index in [4.69, 9.17) is 0 Å².